The molecule has 1 amide bonds. The van der Waals surface area contributed by atoms with Crippen molar-refractivity contribution in [2.75, 3.05) is 17.3 Å². The normalized spacial score (nSPS) is 11.6. The van der Waals surface area contributed by atoms with Gasteiger partial charge in [-0.15, -0.1) is 0 Å². The fourth-order valence-electron chi connectivity index (χ4n) is 3.63. The van der Waals surface area contributed by atoms with Crippen molar-refractivity contribution in [2.24, 2.45) is 0 Å². The van der Waals surface area contributed by atoms with Crippen LogP contribution in [0.3, 0.4) is 0 Å². The van der Waals surface area contributed by atoms with Crippen LogP contribution in [0.2, 0.25) is 0 Å². The number of likely N-dealkylation sites (N-methyl/N-ethyl adjacent to an activating group) is 1. The minimum absolute atomic E-state index is 0.0159. The molecule has 2 N–H and O–H groups in total. The predicted octanol–water partition coefficient (Wildman–Crippen LogP) is 4.62. The largest absolute Gasteiger partial charge is 0.481 e. The highest BCUT2D eigenvalue weighted by atomic mass is 16.4. The van der Waals surface area contributed by atoms with Crippen LogP contribution in [0.1, 0.15) is 36.0 Å². The minimum Gasteiger partial charge on any atom is -0.481 e. The quantitative estimate of drug-likeness (QED) is 0.382. The molecule has 0 saturated heterocycles. The molecule has 9 heteroatoms. The van der Waals surface area contributed by atoms with Crippen molar-refractivity contribution < 1.29 is 19.1 Å². The van der Waals surface area contributed by atoms with E-state index in [4.69, 9.17) is 9.52 Å². The summed E-state index contributed by atoms with van der Waals surface area (Å²) in [6.45, 7) is 1.82. The number of benzene rings is 2. The summed E-state index contributed by atoms with van der Waals surface area (Å²) in [7, 11) is 1.65. The van der Waals surface area contributed by atoms with Gasteiger partial charge >= 0.3 is 5.97 Å². The molecule has 2 aromatic carbocycles. The highest BCUT2D eigenvalue weighted by Gasteiger charge is 2.16. The van der Waals surface area contributed by atoms with Crippen LogP contribution >= 0.6 is 0 Å². The van der Waals surface area contributed by atoms with Crippen LogP contribution in [0, 0.1) is 11.3 Å². The Morgan fingerprint density at radius 3 is 2.71 bits per heavy atom. The Labute approximate surface area is 201 Å². The van der Waals surface area contributed by atoms with Crippen LogP contribution in [0.15, 0.2) is 65.2 Å². The summed E-state index contributed by atoms with van der Waals surface area (Å²) in [5, 5.41) is 21.2. The summed E-state index contributed by atoms with van der Waals surface area (Å²) < 4.78 is 5.79. The smallest absolute Gasteiger partial charge is 0.303 e. The first-order valence-corrected chi connectivity index (χ1v) is 10.9. The number of carboxylic acids is 1. The Balaban J connectivity index is 1.44. The summed E-state index contributed by atoms with van der Waals surface area (Å²) in [6.07, 6.45) is 1.75. The maximum absolute atomic E-state index is 12.8. The molecule has 0 radical (unpaired) electrons. The van der Waals surface area contributed by atoms with Crippen molar-refractivity contribution in [2.45, 2.75) is 25.7 Å². The Bertz CT molecular complexity index is 1420. The van der Waals surface area contributed by atoms with Gasteiger partial charge in [-0.3, -0.25) is 14.5 Å². The van der Waals surface area contributed by atoms with Crippen LogP contribution in [0.4, 0.5) is 17.5 Å². The number of nitriles is 1. The number of fused-ring (bicyclic) bond motifs is 1. The summed E-state index contributed by atoms with van der Waals surface area (Å²) >= 11 is 0. The standard InChI is InChI=1S/C26H23N5O4/c1-16(11-25(33)34)19-8-10-23(28-15-19)31(2)24(32)13-17-7-9-21-22(12-17)35-26(30-21)29-20-6-4-3-5-18(20)14-27/h3-10,12,15-16H,11,13H2,1-2H3,(H,29,30)(H,33,34). The van der Waals surface area contributed by atoms with Gasteiger partial charge in [0.25, 0.3) is 6.01 Å². The molecule has 4 aromatic rings. The third kappa shape index (κ3) is 5.45. The number of hydrogen-bond acceptors (Lipinski definition) is 7. The van der Waals surface area contributed by atoms with Crippen molar-refractivity contribution in [3.8, 4) is 6.07 Å². The molecule has 2 heterocycles. The second kappa shape index (κ2) is 10.1. The van der Waals surface area contributed by atoms with Crippen LogP contribution in [0.25, 0.3) is 11.1 Å². The summed E-state index contributed by atoms with van der Waals surface area (Å²) in [6, 6.07) is 18.3. The first kappa shape index (κ1) is 23.4. The van der Waals surface area contributed by atoms with E-state index in [0.717, 1.165) is 11.1 Å². The van der Waals surface area contributed by atoms with E-state index >= 15 is 0 Å². The fourth-order valence-corrected chi connectivity index (χ4v) is 3.63. The molecule has 0 aliphatic carbocycles. The third-order valence-corrected chi connectivity index (χ3v) is 5.64. The molecule has 0 fully saturated rings. The van der Waals surface area contributed by atoms with Crippen molar-refractivity contribution in [1.82, 2.24) is 9.97 Å². The molecule has 9 nitrogen and oxygen atoms in total. The SMILES string of the molecule is CC(CC(=O)O)c1ccc(N(C)C(=O)Cc2ccc3nc(Nc4ccccc4C#N)oc3c2)nc1. The molecule has 1 atom stereocenters. The number of oxazole rings is 1. The number of aromatic nitrogens is 2. The Kier molecular flexibility index (Phi) is 6.73. The van der Waals surface area contributed by atoms with Gasteiger partial charge in [0.15, 0.2) is 5.58 Å². The van der Waals surface area contributed by atoms with Crippen LogP contribution in [-0.2, 0) is 16.0 Å². The molecule has 1 unspecified atom stereocenters. The average molecular weight is 470 g/mol. The minimum atomic E-state index is -0.868. The van der Waals surface area contributed by atoms with Gasteiger partial charge in [-0.25, -0.2) is 4.98 Å². The number of pyridine rings is 1. The van der Waals surface area contributed by atoms with Gasteiger partial charge in [-0.2, -0.15) is 10.2 Å². The molecule has 176 valence electrons. The Hall–Kier alpha value is -4.71. The molecule has 0 aliphatic rings. The van der Waals surface area contributed by atoms with E-state index < -0.39 is 5.97 Å². The van der Waals surface area contributed by atoms with Gasteiger partial charge in [0.2, 0.25) is 5.91 Å². The number of carbonyl (C=O) groups is 2. The molecule has 0 saturated carbocycles. The maximum Gasteiger partial charge on any atom is 0.303 e. The number of aliphatic carboxylic acids is 1. The zero-order valence-electron chi connectivity index (χ0n) is 19.2. The van der Waals surface area contributed by atoms with E-state index in [0.29, 0.717) is 28.2 Å². The number of amides is 1. The van der Waals surface area contributed by atoms with Crippen LogP contribution in [-0.4, -0.2) is 34.0 Å². The second-order valence-electron chi connectivity index (χ2n) is 8.18. The Morgan fingerprint density at radius 2 is 2.00 bits per heavy atom. The molecular formula is C26H23N5O4. The third-order valence-electron chi connectivity index (χ3n) is 5.64. The van der Waals surface area contributed by atoms with E-state index in [9.17, 15) is 14.9 Å². The molecule has 4 rings (SSSR count). The monoisotopic (exact) mass is 469 g/mol. The molecular weight excluding hydrogens is 446 g/mol. The molecule has 2 aromatic heterocycles. The number of rotatable bonds is 8. The van der Waals surface area contributed by atoms with Crippen LogP contribution < -0.4 is 10.2 Å². The summed E-state index contributed by atoms with van der Waals surface area (Å²) in [5.41, 5.74) is 3.76. The van der Waals surface area contributed by atoms with Crippen LogP contribution in [0.5, 0.6) is 0 Å². The zero-order valence-corrected chi connectivity index (χ0v) is 19.2. The van der Waals surface area contributed by atoms with Gasteiger partial charge in [0, 0.05) is 13.2 Å². The molecule has 0 aliphatic heterocycles. The molecule has 35 heavy (non-hydrogen) atoms. The second-order valence-corrected chi connectivity index (χ2v) is 8.18. The van der Waals surface area contributed by atoms with E-state index in [1.165, 1.54) is 4.90 Å². The Morgan fingerprint density at radius 1 is 1.20 bits per heavy atom. The zero-order chi connectivity index (χ0) is 24.9. The first-order valence-electron chi connectivity index (χ1n) is 10.9. The number of nitrogens with one attached hydrogen (secondary N) is 1. The van der Waals surface area contributed by atoms with Gasteiger partial charge in [-0.1, -0.05) is 31.2 Å². The van der Waals surface area contributed by atoms with E-state index in [2.05, 4.69) is 21.4 Å². The number of nitrogens with zero attached hydrogens (tertiary/aromatic N) is 4. The topological polar surface area (TPSA) is 132 Å². The lowest BCUT2D eigenvalue weighted by Crippen LogP contribution is -2.28. The predicted molar refractivity (Wildman–Crippen MR) is 130 cm³/mol. The lowest BCUT2D eigenvalue weighted by atomic mass is 10.00. The highest BCUT2D eigenvalue weighted by Crippen LogP contribution is 2.25. The number of carboxylic acid groups (broad SMARTS) is 1. The summed E-state index contributed by atoms with van der Waals surface area (Å²) in [4.78, 5) is 33.9. The number of para-hydroxylation sites is 1. The highest BCUT2D eigenvalue weighted by molar-refractivity contribution is 5.93. The average Bonchev–Trinajstić information content (AvgIpc) is 3.25. The van der Waals surface area contributed by atoms with Gasteiger partial charge < -0.3 is 14.8 Å². The van der Waals surface area contributed by atoms with E-state index in [-0.39, 0.29) is 30.7 Å². The van der Waals surface area contributed by atoms with Crippen molar-refractivity contribution in [1.29, 1.82) is 5.26 Å². The number of hydrogen-bond donors (Lipinski definition) is 2. The lowest BCUT2D eigenvalue weighted by Gasteiger charge is -2.17. The van der Waals surface area contributed by atoms with E-state index in [1.54, 1.807) is 55.7 Å². The van der Waals surface area contributed by atoms with Gasteiger partial charge in [-0.05, 0) is 47.4 Å². The molecule has 0 bridgehead atoms. The fraction of sp³-hybridized carbons (Fsp3) is 0.192. The number of carbonyl (C=O) groups excluding carboxylic acids is 1. The van der Waals surface area contributed by atoms with Crippen molar-refractivity contribution >= 4 is 40.5 Å². The van der Waals surface area contributed by atoms with Gasteiger partial charge in [0.1, 0.15) is 17.4 Å². The maximum atomic E-state index is 12.8. The molecule has 0 spiro atoms. The van der Waals surface area contributed by atoms with E-state index in [1.807, 2.05) is 19.1 Å². The van der Waals surface area contributed by atoms with Crippen molar-refractivity contribution in [3.63, 3.8) is 0 Å². The first-order chi connectivity index (χ1) is 16.8. The van der Waals surface area contributed by atoms with Crippen molar-refractivity contribution in [3.05, 3.63) is 77.5 Å². The summed E-state index contributed by atoms with van der Waals surface area (Å²) in [5.74, 6) is -0.724. The number of anilines is 3. The van der Waals surface area contributed by atoms with Gasteiger partial charge in [0.05, 0.1) is 24.1 Å². The lowest BCUT2D eigenvalue weighted by molar-refractivity contribution is -0.137.